The molecule has 1 aliphatic heterocycles. The number of benzene rings is 3. The molecule has 1 saturated heterocycles. The molecule has 0 aliphatic carbocycles. The standard InChI is InChI=1S/C33H44N2/c1-24-16-12-14-20-27(24)29(28-21-15-13-17-25(28)2)35-23-34(22-26-18-10-9-11-19-26)30(32(3,4)5)31(35)33(6,7)8/h9-21,29-31H,22-23H2,1-8H3/t30-,31-/m0/s1. The molecular formula is C33H44N2. The van der Waals surface area contributed by atoms with Crippen molar-refractivity contribution in [1.29, 1.82) is 0 Å². The van der Waals surface area contributed by atoms with Gasteiger partial charge >= 0.3 is 0 Å². The van der Waals surface area contributed by atoms with Crippen LogP contribution in [0.5, 0.6) is 0 Å². The predicted molar refractivity (Wildman–Crippen MR) is 149 cm³/mol. The molecule has 4 rings (SSSR count). The van der Waals surface area contributed by atoms with Crippen LogP contribution in [0, 0.1) is 24.7 Å². The normalized spacial score (nSPS) is 20.0. The van der Waals surface area contributed by atoms with E-state index in [1.807, 2.05) is 0 Å². The van der Waals surface area contributed by atoms with Gasteiger partial charge in [-0.2, -0.15) is 0 Å². The van der Waals surface area contributed by atoms with Crippen molar-refractivity contribution < 1.29 is 0 Å². The van der Waals surface area contributed by atoms with Crippen LogP contribution in [0.25, 0.3) is 0 Å². The van der Waals surface area contributed by atoms with Crippen LogP contribution in [-0.4, -0.2) is 28.6 Å². The Morgan fingerprint density at radius 3 is 1.57 bits per heavy atom. The van der Waals surface area contributed by atoms with Gasteiger partial charge in [-0.15, -0.1) is 0 Å². The fraction of sp³-hybridized carbons (Fsp3) is 0.455. The van der Waals surface area contributed by atoms with Crippen molar-refractivity contribution >= 4 is 0 Å². The number of hydrogen-bond donors (Lipinski definition) is 0. The molecule has 0 spiro atoms. The Bertz CT molecular complexity index is 1070. The second-order valence-electron chi connectivity index (χ2n) is 12.6. The van der Waals surface area contributed by atoms with Crippen LogP contribution in [0.2, 0.25) is 0 Å². The van der Waals surface area contributed by atoms with Crippen molar-refractivity contribution in [1.82, 2.24) is 9.80 Å². The smallest absolute Gasteiger partial charge is 0.0622 e. The van der Waals surface area contributed by atoms with Crippen molar-refractivity contribution in [3.8, 4) is 0 Å². The van der Waals surface area contributed by atoms with Gasteiger partial charge < -0.3 is 0 Å². The molecule has 1 heterocycles. The molecule has 0 saturated carbocycles. The molecule has 0 aromatic heterocycles. The number of hydrogen-bond acceptors (Lipinski definition) is 2. The highest BCUT2D eigenvalue weighted by Gasteiger charge is 2.52. The van der Waals surface area contributed by atoms with Gasteiger partial charge in [0.15, 0.2) is 0 Å². The first-order chi connectivity index (χ1) is 16.5. The van der Waals surface area contributed by atoms with Crippen LogP contribution in [0.3, 0.4) is 0 Å². The molecule has 3 aromatic carbocycles. The zero-order valence-electron chi connectivity index (χ0n) is 23.0. The maximum Gasteiger partial charge on any atom is 0.0622 e. The topological polar surface area (TPSA) is 6.48 Å². The van der Waals surface area contributed by atoms with Crippen molar-refractivity contribution in [2.45, 2.75) is 80.1 Å². The molecular weight excluding hydrogens is 424 g/mol. The van der Waals surface area contributed by atoms with Gasteiger partial charge in [0.2, 0.25) is 0 Å². The van der Waals surface area contributed by atoms with Gasteiger partial charge in [0.25, 0.3) is 0 Å². The Kier molecular flexibility index (Phi) is 7.27. The molecule has 0 bridgehead atoms. The van der Waals surface area contributed by atoms with Gasteiger partial charge in [-0.3, -0.25) is 9.80 Å². The molecule has 186 valence electrons. The molecule has 1 fully saturated rings. The van der Waals surface area contributed by atoms with Crippen LogP contribution in [0.15, 0.2) is 78.9 Å². The average Bonchev–Trinajstić information content (AvgIpc) is 3.17. The van der Waals surface area contributed by atoms with Crippen molar-refractivity contribution in [3.63, 3.8) is 0 Å². The number of aryl methyl sites for hydroxylation is 2. The molecule has 35 heavy (non-hydrogen) atoms. The first-order valence-corrected chi connectivity index (χ1v) is 13.1. The maximum atomic E-state index is 2.82. The minimum Gasteiger partial charge on any atom is -0.281 e. The Morgan fingerprint density at radius 2 is 1.11 bits per heavy atom. The lowest BCUT2D eigenvalue weighted by Crippen LogP contribution is -2.52. The zero-order chi connectivity index (χ0) is 25.4. The highest BCUT2D eigenvalue weighted by molar-refractivity contribution is 5.41. The van der Waals surface area contributed by atoms with Gasteiger partial charge in [-0.05, 0) is 52.5 Å². The monoisotopic (exact) mass is 468 g/mol. The van der Waals surface area contributed by atoms with E-state index in [4.69, 9.17) is 0 Å². The Hall–Kier alpha value is -2.42. The minimum atomic E-state index is 0.118. The lowest BCUT2D eigenvalue weighted by Gasteiger charge is -2.46. The SMILES string of the molecule is Cc1ccccc1C(c1ccccc1C)N1CN(Cc2ccccc2)[C@H](C(C)(C)C)[C@H]1C(C)(C)C. The summed E-state index contributed by atoms with van der Waals surface area (Å²) in [5, 5.41) is 0. The fourth-order valence-electron chi connectivity index (χ4n) is 6.28. The van der Waals surface area contributed by atoms with E-state index in [0.29, 0.717) is 12.1 Å². The summed E-state index contributed by atoms with van der Waals surface area (Å²) in [5.74, 6) is 0. The van der Waals surface area contributed by atoms with E-state index in [1.54, 1.807) is 0 Å². The lowest BCUT2D eigenvalue weighted by atomic mass is 9.71. The predicted octanol–water partition coefficient (Wildman–Crippen LogP) is 8.00. The van der Waals surface area contributed by atoms with Crippen molar-refractivity contribution in [2.75, 3.05) is 6.67 Å². The highest BCUT2D eigenvalue weighted by atomic mass is 15.4. The van der Waals surface area contributed by atoms with Crippen molar-refractivity contribution in [3.05, 3.63) is 107 Å². The maximum absolute atomic E-state index is 2.82. The summed E-state index contributed by atoms with van der Waals surface area (Å²) in [6.45, 7) is 21.0. The molecule has 0 unspecified atom stereocenters. The van der Waals surface area contributed by atoms with Crippen LogP contribution >= 0.6 is 0 Å². The van der Waals surface area contributed by atoms with Gasteiger partial charge in [-0.1, -0.05) is 120 Å². The zero-order valence-corrected chi connectivity index (χ0v) is 23.0. The summed E-state index contributed by atoms with van der Waals surface area (Å²) in [4.78, 5) is 5.57. The van der Waals surface area contributed by atoms with Gasteiger partial charge in [0.05, 0.1) is 12.7 Å². The highest BCUT2D eigenvalue weighted by Crippen LogP contribution is 2.48. The first kappa shape index (κ1) is 25.7. The van der Waals surface area contributed by atoms with E-state index in [0.717, 1.165) is 13.2 Å². The molecule has 3 aromatic rings. The molecule has 2 atom stereocenters. The van der Waals surface area contributed by atoms with Gasteiger partial charge in [0.1, 0.15) is 0 Å². The third kappa shape index (κ3) is 5.39. The van der Waals surface area contributed by atoms with Gasteiger partial charge in [-0.25, -0.2) is 0 Å². The summed E-state index contributed by atoms with van der Waals surface area (Å²) >= 11 is 0. The van der Waals surface area contributed by atoms with E-state index >= 15 is 0 Å². The minimum absolute atomic E-state index is 0.118. The van der Waals surface area contributed by atoms with E-state index < -0.39 is 0 Å². The van der Waals surface area contributed by atoms with Crippen LogP contribution in [0.4, 0.5) is 0 Å². The van der Waals surface area contributed by atoms with Crippen molar-refractivity contribution in [2.24, 2.45) is 10.8 Å². The summed E-state index contributed by atoms with van der Waals surface area (Å²) in [6, 6.07) is 30.0. The Balaban J connectivity index is 1.89. The molecule has 0 radical (unpaired) electrons. The molecule has 2 nitrogen and oxygen atoms in total. The van der Waals surface area contributed by atoms with Crippen LogP contribution in [0.1, 0.15) is 75.4 Å². The van der Waals surface area contributed by atoms with E-state index in [1.165, 1.54) is 27.8 Å². The van der Waals surface area contributed by atoms with Gasteiger partial charge in [0, 0.05) is 18.6 Å². The summed E-state index contributed by atoms with van der Waals surface area (Å²) < 4.78 is 0. The average molecular weight is 469 g/mol. The molecule has 0 amide bonds. The quantitative estimate of drug-likeness (QED) is 0.374. The van der Waals surface area contributed by atoms with Crippen LogP contribution < -0.4 is 0 Å². The molecule has 1 aliphatic rings. The Labute approximate surface area is 214 Å². The second kappa shape index (κ2) is 9.91. The summed E-state index contributed by atoms with van der Waals surface area (Å²) in [5.41, 5.74) is 7.22. The fourth-order valence-corrected chi connectivity index (χ4v) is 6.28. The third-order valence-corrected chi connectivity index (χ3v) is 7.70. The second-order valence-corrected chi connectivity index (χ2v) is 12.6. The molecule has 0 N–H and O–H groups in total. The van der Waals surface area contributed by atoms with E-state index in [9.17, 15) is 0 Å². The molecule has 2 heteroatoms. The van der Waals surface area contributed by atoms with E-state index in [-0.39, 0.29) is 16.9 Å². The summed E-state index contributed by atoms with van der Waals surface area (Å²) in [6.07, 6.45) is 0. The first-order valence-electron chi connectivity index (χ1n) is 13.1. The van der Waals surface area contributed by atoms with Crippen LogP contribution in [-0.2, 0) is 6.54 Å². The largest absolute Gasteiger partial charge is 0.281 e. The summed E-state index contributed by atoms with van der Waals surface area (Å²) in [7, 11) is 0. The number of rotatable bonds is 5. The Morgan fingerprint density at radius 1 is 0.657 bits per heavy atom. The van der Waals surface area contributed by atoms with E-state index in [2.05, 4.69) is 144 Å². The third-order valence-electron chi connectivity index (χ3n) is 7.70. The lowest BCUT2D eigenvalue weighted by molar-refractivity contribution is 0.0637. The number of nitrogens with zero attached hydrogens (tertiary/aromatic N) is 2.